The van der Waals surface area contributed by atoms with Crippen LogP contribution in [-0.4, -0.2) is 33.4 Å². The average molecular weight is 392 g/mol. The van der Waals surface area contributed by atoms with Crippen molar-refractivity contribution in [1.29, 1.82) is 0 Å². The molecule has 7 heteroatoms. The molecule has 0 atom stereocenters. The summed E-state index contributed by atoms with van der Waals surface area (Å²) in [6.07, 6.45) is 0. The van der Waals surface area contributed by atoms with E-state index >= 15 is 0 Å². The van der Waals surface area contributed by atoms with Crippen LogP contribution in [0.2, 0.25) is 0 Å². The van der Waals surface area contributed by atoms with Crippen LogP contribution < -0.4 is 16.2 Å². The van der Waals surface area contributed by atoms with Gasteiger partial charge in [0.25, 0.3) is 11.5 Å². The van der Waals surface area contributed by atoms with Crippen LogP contribution in [0.3, 0.4) is 0 Å². The quantitative estimate of drug-likeness (QED) is 0.713. The Morgan fingerprint density at radius 2 is 1.69 bits per heavy atom. The molecule has 0 aliphatic heterocycles. The molecule has 1 heterocycles. The highest BCUT2D eigenvalue weighted by Crippen LogP contribution is 2.13. The van der Waals surface area contributed by atoms with E-state index in [1.165, 1.54) is 4.57 Å². The Morgan fingerprint density at radius 1 is 1.03 bits per heavy atom. The van der Waals surface area contributed by atoms with E-state index in [1.807, 2.05) is 26.8 Å². The monoisotopic (exact) mass is 392 g/mol. The lowest BCUT2D eigenvalue weighted by Gasteiger charge is -2.20. The first-order chi connectivity index (χ1) is 13.7. The number of aryl methyl sites for hydroxylation is 1. The van der Waals surface area contributed by atoms with E-state index in [9.17, 15) is 14.4 Å². The van der Waals surface area contributed by atoms with Crippen molar-refractivity contribution in [3.05, 3.63) is 70.3 Å². The van der Waals surface area contributed by atoms with Crippen molar-refractivity contribution >= 4 is 22.7 Å². The van der Waals surface area contributed by atoms with E-state index in [1.54, 1.807) is 49.4 Å². The molecule has 0 spiro atoms. The molecule has 0 saturated heterocycles. The van der Waals surface area contributed by atoms with Crippen molar-refractivity contribution in [2.24, 2.45) is 0 Å². The van der Waals surface area contributed by atoms with Crippen molar-refractivity contribution in [3.8, 4) is 5.69 Å². The molecule has 150 valence electrons. The fourth-order valence-electron chi connectivity index (χ4n) is 3.03. The minimum absolute atomic E-state index is 0.106. The number of benzene rings is 2. The lowest BCUT2D eigenvalue weighted by molar-refractivity contribution is -0.121. The molecular weight excluding hydrogens is 368 g/mol. The van der Waals surface area contributed by atoms with E-state index in [4.69, 9.17) is 0 Å². The molecule has 0 fully saturated rings. The highest BCUT2D eigenvalue weighted by molar-refractivity contribution is 5.96. The van der Waals surface area contributed by atoms with Gasteiger partial charge >= 0.3 is 0 Å². The van der Waals surface area contributed by atoms with Crippen molar-refractivity contribution in [2.45, 2.75) is 33.2 Å². The Balaban J connectivity index is 1.79. The summed E-state index contributed by atoms with van der Waals surface area (Å²) in [5, 5.41) is 5.91. The van der Waals surface area contributed by atoms with Crippen molar-refractivity contribution in [2.75, 3.05) is 6.54 Å². The van der Waals surface area contributed by atoms with Crippen LogP contribution in [0.4, 0.5) is 0 Å². The van der Waals surface area contributed by atoms with Gasteiger partial charge < -0.3 is 10.6 Å². The number of hydrogen-bond acceptors (Lipinski definition) is 4. The van der Waals surface area contributed by atoms with Gasteiger partial charge in [0.2, 0.25) is 5.91 Å². The van der Waals surface area contributed by atoms with Gasteiger partial charge in [-0.3, -0.25) is 19.0 Å². The number of aromatic nitrogens is 2. The van der Waals surface area contributed by atoms with E-state index in [-0.39, 0.29) is 29.5 Å². The summed E-state index contributed by atoms with van der Waals surface area (Å²) in [5.74, 6) is -0.0575. The fourth-order valence-corrected chi connectivity index (χ4v) is 3.03. The summed E-state index contributed by atoms with van der Waals surface area (Å²) >= 11 is 0. The van der Waals surface area contributed by atoms with Crippen molar-refractivity contribution in [1.82, 2.24) is 20.2 Å². The minimum Gasteiger partial charge on any atom is -0.350 e. The Kier molecular flexibility index (Phi) is 5.50. The van der Waals surface area contributed by atoms with Gasteiger partial charge in [0.1, 0.15) is 5.82 Å². The first-order valence-electron chi connectivity index (χ1n) is 9.34. The molecule has 7 nitrogen and oxygen atoms in total. The molecule has 0 unspecified atom stereocenters. The molecule has 2 aromatic carbocycles. The Labute approximate surface area is 168 Å². The Morgan fingerprint density at radius 3 is 2.34 bits per heavy atom. The number of amides is 2. The number of nitrogens with zero attached hydrogens (tertiary/aromatic N) is 2. The number of carbonyl (C=O) groups is 2. The van der Waals surface area contributed by atoms with Crippen molar-refractivity contribution in [3.63, 3.8) is 0 Å². The molecule has 3 rings (SSSR count). The second-order valence-corrected chi connectivity index (χ2v) is 7.84. The molecule has 0 aliphatic rings. The number of hydrogen-bond donors (Lipinski definition) is 2. The topological polar surface area (TPSA) is 93.1 Å². The van der Waals surface area contributed by atoms with Gasteiger partial charge in [-0.25, -0.2) is 4.98 Å². The fraction of sp³-hybridized carbons (Fsp3) is 0.273. The highest BCUT2D eigenvalue weighted by Gasteiger charge is 2.15. The highest BCUT2D eigenvalue weighted by atomic mass is 16.2. The van der Waals surface area contributed by atoms with Crippen molar-refractivity contribution < 1.29 is 9.59 Å². The van der Waals surface area contributed by atoms with Crippen LogP contribution >= 0.6 is 0 Å². The van der Waals surface area contributed by atoms with E-state index < -0.39 is 0 Å². The van der Waals surface area contributed by atoms with Crippen LogP contribution in [0.1, 0.15) is 37.0 Å². The minimum atomic E-state index is -0.360. The number of carbonyl (C=O) groups excluding carboxylic acids is 2. The van der Waals surface area contributed by atoms with Gasteiger partial charge in [0.05, 0.1) is 23.1 Å². The smallest absolute Gasteiger partial charge is 0.265 e. The van der Waals surface area contributed by atoms with Gasteiger partial charge in [-0.2, -0.15) is 0 Å². The largest absolute Gasteiger partial charge is 0.350 e. The first-order valence-corrected chi connectivity index (χ1v) is 9.34. The van der Waals surface area contributed by atoms with E-state index in [2.05, 4.69) is 15.6 Å². The van der Waals surface area contributed by atoms with Crippen LogP contribution in [-0.2, 0) is 4.79 Å². The van der Waals surface area contributed by atoms with Crippen LogP contribution in [0.5, 0.6) is 0 Å². The molecule has 1 aromatic heterocycles. The van der Waals surface area contributed by atoms with Crippen LogP contribution in [0.15, 0.2) is 53.3 Å². The lowest BCUT2D eigenvalue weighted by Crippen LogP contribution is -2.45. The van der Waals surface area contributed by atoms with Gasteiger partial charge in [-0.15, -0.1) is 0 Å². The summed E-state index contributed by atoms with van der Waals surface area (Å²) in [5.41, 5.74) is 1.15. The maximum atomic E-state index is 12.9. The van der Waals surface area contributed by atoms with Crippen LogP contribution in [0.25, 0.3) is 16.6 Å². The molecule has 0 radical (unpaired) electrons. The average Bonchev–Trinajstić information content (AvgIpc) is 2.65. The first kappa shape index (κ1) is 20.3. The van der Waals surface area contributed by atoms with Crippen LogP contribution in [0, 0.1) is 6.92 Å². The van der Waals surface area contributed by atoms with Gasteiger partial charge in [-0.1, -0.05) is 12.1 Å². The van der Waals surface area contributed by atoms with Gasteiger partial charge in [0.15, 0.2) is 0 Å². The molecule has 3 aromatic rings. The molecule has 0 bridgehead atoms. The second kappa shape index (κ2) is 7.87. The molecule has 29 heavy (non-hydrogen) atoms. The number of para-hydroxylation sites is 1. The number of rotatable bonds is 4. The predicted molar refractivity (Wildman–Crippen MR) is 112 cm³/mol. The summed E-state index contributed by atoms with van der Waals surface area (Å²) in [7, 11) is 0. The maximum absolute atomic E-state index is 12.9. The standard InChI is InChI=1S/C22H24N4O3/c1-14-24-18-8-6-5-7-17(18)21(29)26(14)16-11-9-15(10-12-16)20(28)23-13-19(27)25-22(2,3)4/h5-12H,13H2,1-4H3,(H,23,28)(H,25,27). The van der Waals surface area contributed by atoms with E-state index in [0.717, 1.165) is 0 Å². The number of nitrogens with one attached hydrogen (secondary N) is 2. The number of fused-ring (bicyclic) bond motifs is 1. The molecule has 2 amide bonds. The Hall–Kier alpha value is -3.48. The zero-order valence-corrected chi connectivity index (χ0v) is 16.9. The Bertz CT molecular complexity index is 1130. The summed E-state index contributed by atoms with van der Waals surface area (Å²) in [4.78, 5) is 41.5. The predicted octanol–water partition coefficient (Wildman–Crippen LogP) is 2.34. The van der Waals surface area contributed by atoms with E-state index in [0.29, 0.717) is 28.0 Å². The zero-order chi connectivity index (χ0) is 21.2. The van der Waals surface area contributed by atoms with Gasteiger partial charge in [-0.05, 0) is 64.1 Å². The maximum Gasteiger partial charge on any atom is 0.265 e. The lowest BCUT2D eigenvalue weighted by atomic mass is 10.1. The third-order valence-corrected chi connectivity index (χ3v) is 4.26. The van der Waals surface area contributed by atoms with Gasteiger partial charge in [0, 0.05) is 11.1 Å². The molecular formula is C22H24N4O3. The summed E-state index contributed by atoms with van der Waals surface area (Å²) < 4.78 is 1.51. The SMILES string of the molecule is Cc1nc2ccccc2c(=O)n1-c1ccc(C(=O)NCC(=O)NC(C)(C)C)cc1. The third-order valence-electron chi connectivity index (χ3n) is 4.26. The molecule has 2 N–H and O–H groups in total. The summed E-state index contributed by atoms with van der Waals surface area (Å²) in [6.45, 7) is 7.28. The summed E-state index contributed by atoms with van der Waals surface area (Å²) in [6, 6.07) is 13.8. The third kappa shape index (κ3) is 4.68. The molecule has 0 aliphatic carbocycles. The molecule has 0 saturated carbocycles. The zero-order valence-electron chi connectivity index (χ0n) is 16.9. The normalized spacial score (nSPS) is 11.3. The second-order valence-electron chi connectivity index (χ2n) is 7.84.